The van der Waals surface area contributed by atoms with Crippen LogP contribution in [0.15, 0.2) is 18.2 Å². The molecule has 0 radical (unpaired) electrons. The summed E-state index contributed by atoms with van der Waals surface area (Å²) in [6.07, 6.45) is 0. The van der Waals surface area contributed by atoms with Gasteiger partial charge in [0.15, 0.2) is 0 Å². The first kappa shape index (κ1) is 13.0. The Morgan fingerprint density at radius 1 is 1.59 bits per heavy atom. The van der Waals surface area contributed by atoms with Gasteiger partial charge >= 0.3 is 5.97 Å². The number of hydrogen-bond donors (Lipinski definition) is 0. The van der Waals surface area contributed by atoms with Crippen molar-refractivity contribution in [2.24, 2.45) is 5.92 Å². The van der Waals surface area contributed by atoms with E-state index in [1.807, 2.05) is 0 Å². The predicted molar refractivity (Wildman–Crippen MR) is 57.8 cm³/mol. The normalized spacial score (nSPS) is 11.4. The van der Waals surface area contributed by atoms with E-state index >= 15 is 0 Å². The lowest BCUT2D eigenvalue weighted by Crippen LogP contribution is -2.20. The van der Waals surface area contributed by atoms with Crippen LogP contribution in [0, 0.1) is 23.1 Å². The highest BCUT2D eigenvalue weighted by Gasteiger charge is 2.14. The highest BCUT2D eigenvalue weighted by Crippen LogP contribution is 2.16. The largest absolute Gasteiger partial charge is 0.493 e. The van der Waals surface area contributed by atoms with Crippen LogP contribution in [0.5, 0.6) is 5.75 Å². The summed E-state index contributed by atoms with van der Waals surface area (Å²) >= 11 is 0. The minimum Gasteiger partial charge on any atom is -0.493 e. The van der Waals surface area contributed by atoms with Gasteiger partial charge in [-0.3, -0.25) is 4.79 Å². The van der Waals surface area contributed by atoms with Crippen molar-refractivity contribution in [3.05, 3.63) is 29.6 Å². The number of esters is 1. The number of rotatable bonds is 4. The van der Waals surface area contributed by atoms with Crippen molar-refractivity contribution in [3.8, 4) is 11.8 Å². The smallest absolute Gasteiger partial charge is 0.311 e. The zero-order chi connectivity index (χ0) is 12.8. The van der Waals surface area contributed by atoms with Gasteiger partial charge in [0, 0.05) is 6.07 Å². The Hall–Kier alpha value is -2.09. The van der Waals surface area contributed by atoms with Crippen molar-refractivity contribution in [3.63, 3.8) is 0 Å². The molecule has 1 atom stereocenters. The van der Waals surface area contributed by atoms with E-state index in [1.54, 1.807) is 13.0 Å². The molecule has 0 saturated carbocycles. The van der Waals surface area contributed by atoms with E-state index in [4.69, 9.17) is 10.00 Å². The first-order valence-electron chi connectivity index (χ1n) is 4.98. The van der Waals surface area contributed by atoms with Crippen LogP contribution in [-0.4, -0.2) is 19.7 Å². The maximum Gasteiger partial charge on any atom is 0.311 e. The third-order valence-electron chi connectivity index (χ3n) is 2.16. The van der Waals surface area contributed by atoms with E-state index < -0.39 is 11.7 Å². The number of halogens is 1. The van der Waals surface area contributed by atoms with Gasteiger partial charge in [-0.25, -0.2) is 4.39 Å². The maximum atomic E-state index is 13.2. The Labute approximate surface area is 98.6 Å². The quantitative estimate of drug-likeness (QED) is 0.750. The van der Waals surface area contributed by atoms with Crippen LogP contribution in [0.25, 0.3) is 0 Å². The van der Waals surface area contributed by atoms with Crippen LogP contribution in [0.1, 0.15) is 12.5 Å². The Morgan fingerprint density at radius 3 is 2.82 bits per heavy atom. The molecule has 0 aliphatic carbocycles. The van der Waals surface area contributed by atoms with Crippen molar-refractivity contribution in [1.29, 1.82) is 5.26 Å². The zero-order valence-corrected chi connectivity index (χ0v) is 9.57. The number of ether oxygens (including phenoxy) is 2. The van der Waals surface area contributed by atoms with Gasteiger partial charge < -0.3 is 9.47 Å². The molecular formula is C12H12FNO3. The van der Waals surface area contributed by atoms with Crippen LogP contribution in [0.2, 0.25) is 0 Å². The highest BCUT2D eigenvalue weighted by atomic mass is 19.1. The Balaban J connectivity index is 2.62. The van der Waals surface area contributed by atoms with E-state index in [2.05, 4.69) is 4.74 Å². The summed E-state index contributed by atoms with van der Waals surface area (Å²) in [7, 11) is 1.29. The average molecular weight is 237 g/mol. The second-order valence-corrected chi connectivity index (χ2v) is 3.49. The van der Waals surface area contributed by atoms with Crippen molar-refractivity contribution in [2.75, 3.05) is 13.7 Å². The molecule has 0 unspecified atom stereocenters. The molecule has 1 rings (SSSR count). The minimum absolute atomic E-state index is 0.0432. The van der Waals surface area contributed by atoms with Gasteiger partial charge in [-0.1, -0.05) is 0 Å². The van der Waals surface area contributed by atoms with Gasteiger partial charge in [-0.2, -0.15) is 5.26 Å². The molecule has 0 aliphatic rings. The van der Waals surface area contributed by atoms with Crippen molar-refractivity contribution < 1.29 is 18.7 Å². The molecule has 1 aromatic rings. The fourth-order valence-electron chi connectivity index (χ4n) is 1.17. The van der Waals surface area contributed by atoms with Crippen LogP contribution >= 0.6 is 0 Å². The standard InChI is InChI=1S/C12H12FNO3/c1-8(12(15)16-2)7-17-10-4-3-9(6-14)11(13)5-10/h3-5,8H,7H2,1-2H3/t8-/m0/s1. The molecule has 0 bridgehead atoms. The minimum atomic E-state index is -0.643. The monoisotopic (exact) mass is 237 g/mol. The molecule has 0 N–H and O–H groups in total. The fourth-order valence-corrected chi connectivity index (χ4v) is 1.17. The maximum absolute atomic E-state index is 13.2. The SMILES string of the molecule is COC(=O)[C@@H](C)COc1ccc(C#N)c(F)c1. The molecule has 1 aromatic carbocycles. The first-order valence-corrected chi connectivity index (χ1v) is 4.98. The van der Waals surface area contributed by atoms with E-state index in [1.165, 1.54) is 19.2 Å². The van der Waals surface area contributed by atoms with Crippen LogP contribution in [-0.2, 0) is 9.53 Å². The number of nitriles is 1. The second kappa shape index (κ2) is 5.85. The highest BCUT2D eigenvalue weighted by molar-refractivity contribution is 5.71. The van der Waals surface area contributed by atoms with Gasteiger partial charge in [0.2, 0.25) is 0 Å². The fraction of sp³-hybridized carbons (Fsp3) is 0.333. The number of nitrogens with zero attached hydrogens (tertiary/aromatic N) is 1. The first-order chi connectivity index (χ1) is 8.08. The van der Waals surface area contributed by atoms with Gasteiger partial charge in [0.25, 0.3) is 0 Å². The van der Waals surface area contributed by atoms with E-state index in [-0.39, 0.29) is 23.9 Å². The van der Waals surface area contributed by atoms with E-state index in [0.717, 1.165) is 6.07 Å². The number of hydrogen-bond acceptors (Lipinski definition) is 4. The molecule has 5 heteroatoms. The van der Waals surface area contributed by atoms with Gasteiger partial charge in [-0.05, 0) is 19.1 Å². The molecule has 0 saturated heterocycles. The number of methoxy groups -OCH3 is 1. The number of benzene rings is 1. The molecule has 0 aliphatic heterocycles. The van der Waals surface area contributed by atoms with Gasteiger partial charge in [0.1, 0.15) is 24.2 Å². The summed E-state index contributed by atoms with van der Waals surface area (Å²) in [5, 5.41) is 8.54. The second-order valence-electron chi connectivity index (χ2n) is 3.49. The topological polar surface area (TPSA) is 59.3 Å². The number of carbonyl (C=O) groups excluding carboxylic acids is 1. The lowest BCUT2D eigenvalue weighted by molar-refractivity contribution is -0.145. The number of carbonyl (C=O) groups is 1. The third kappa shape index (κ3) is 3.45. The summed E-state index contributed by atoms with van der Waals surface area (Å²) in [6, 6.07) is 5.63. The predicted octanol–water partition coefficient (Wildman–Crippen LogP) is 1.89. The Morgan fingerprint density at radius 2 is 2.29 bits per heavy atom. The molecule has 0 aromatic heterocycles. The molecule has 0 heterocycles. The molecular weight excluding hydrogens is 225 g/mol. The van der Waals surface area contributed by atoms with Crippen LogP contribution < -0.4 is 4.74 Å². The molecule has 17 heavy (non-hydrogen) atoms. The Kier molecular flexibility index (Phi) is 4.46. The molecule has 0 fully saturated rings. The van der Waals surface area contributed by atoms with Crippen molar-refractivity contribution in [1.82, 2.24) is 0 Å². The zero-order valence-electron chi connectivity index (χ0n) is 9.57. The molecule has 90 valence electrons. The van der Waals surface area contributed by atoms with Crippen molar-refractivity contribution >= 4 is 5.97 Å². The molecule has 0 spiro atoms. The molecule has 0 amide bonds. The summed E-state index contributed by atoms with van der Waals surface area (Å²) in [4.78, 5) is 11.1. The van der Waals surface area contributed by atoms with E-state index in [0.29, 0.717) is 0 Å². The van der Waals surface area contributed by atoms with Crippen LogP contribution in [0.3, 0.4) is 0 Å². The van der Waals surface area contributed by atoms with E-state index in [9.17, 15) is 9.18 Å². The van der Waals surface area contributed by atoms with Crippen molar-refractivity contribution in [2.45, 2.75) is 6.92 Å². The molecule has 4 nitrogen and oxygen atoms in total. The summed E-state index contributed by atoms with van der Waals surface area (Å²) in [5.41, 5.74) is -0.0432. The summed E-state index contributed by atoms with van der Waals surface area (Å²) in [6.45, 7) is 1.74. The summed E-state index contributed by atoms with van der Waals surface area (Å²) < 4.78 is 23.0. The summed E-state index contributed by atoms with van der Waals surface area (Å²) in [5.74, 6) is -1.19. The van der Waals surface area contributed by atoms with Crippen LogP contribution in [0.4, 0.5) is 4.39 Å². The third-order valence-corrected chi connectivity index (χ3v) is 2.16. The van der Waals surface area contributed by atoms with Gasteiger partial charge in [-0.15, -0.1) is 0 Å². The lowest BCUT2D eigenvalue weighted by Gasteiger charge is -2.11. The Bertz CT molecular complexity index is 454. The lowest BCUT2D eigenvalue weighted by atomic mass is 10.2. The average Bonchev–Trinajstić information content (AvgIpc) is 2.35. The van der Waals surface area contributed by atoms with Gasteiger partial charge in [0.05, 0.1) is 18.6 Å².